The summed E-state index contributed by atoms with van der Waals surface area (Å²) >= 11 is 0. The molecule has 16 heteroatoms. The number of nitrogens with two attached hydrogens (primary N) is 1. The Labute approximate surface area is 278 Å². The average molecular weight is 672 g/mol. The molecule has 262 valence electrons. The van der Waals surface area contributed by atoms with Gasteiger partial charge in [-0.2, -0.15) is 0 Å². The van der Waals surface area contributed by atoms with Crippen LogP contribution in [0, 0.1) is 5.41 Å². The molecule has 0 aromatic heterocycles. The summed E-state index contributed by atoms with van der Waals surface area (Å²) in [5, 5.41) is 36.3. The molecule has 2 aliphatic heterocycles. The predicted octanol–water partition coefficient (Wildman–Crippen LogP) is -0.230. The molecule has 0 radical (unpaired) electrons. The molecule has 1 spiro atoms. The van der Waals surface area contributed by atoms with Crippen LogP contribution in [0.3, 0.4) is 0 Å². The van der Waals surface area contributed by atoms with Gasteiger partial charge in [-0.1, -0.05) is 6.07 Å². The number of likely N-dealkylation sites (N-methyl/N-ethyl adjacent to an activating group) is 2. The van der Waals surface area contributed by atoms with Crippen LogP contribution < -0.4 is 31.2 Å². The molecule has 1 fully saturated rings. The van der Waals surface area contributed by atoms with Crippen molar-refractivity contribution in [3.8, 4) is 11.5 Å². The number of rotatable bonds is 14. The van der Waals surface area contributed by atoms with Crippen LogP contribution in [0.15, 0.2) is 24.0 Å². The van der Waals surface area contributed by atoms with Gasteiger partial charge < -0.3 is 55.9 Å². The molecule has 2 bridgehead atoms. The normalized spacial score (nSPS) is 25.4. The van der Waals surface area contributed by atoms with Gasteiger partial charge in [0.25, 0.3) is 0 Å². The fraction of sp³-hybridized carbons (Fsp3) is 0.594. The number of aliphatic carboxylic acids is 1. The molecule has 1 aromatic rings. The van der Waals surface area contributed by atoms with Crippen molar-refractivity contribution in [1.82, 2.24) is 25.8 Å². The number of nitrogens with one attached hydrogen (secondary N) is 4. The zero-order chi connectivity index (χ0) is 34.8. The molecule has 5 rings (SSSR count). The van der Waals surface area contributed by atoms with Crippen molar-refractivity contribution in [3.63, 3.8) is 0 Å². The van der Waals surface area contributed by atoms with Crippen molar-refractivity contribution in [2.24, 2.45) is 5.73 Å². The van der Waals surface area contributed by atoms with Crippen molar-refractivity contribution in [3.05, 3.63) is 35.1 Å². The van der Waals surface area contributed by atoms with E-state index in [9.17, 15) is 24.3 Å². The first-order valence-corrected chi connectivity index (χ1v) is 16.1. The predicted molar refractivity (Wildman–Crippen MR) is 172 cm³/mol. The van der Waals surface area contributed by atoms with Gasteiger partial charge in [0.05, 0.1) is 18.1 Å². The first-order chi connectivity index (χ1) is 22.8. The molecule has 4 aliphatic rings. The molecule has 2 aliphatic carbocycles. The largest absolute Gasteiger partial charge is 0.493 e. The number of piperidine rings is 1. The van der Waals surface area contributed by atoms with E-state index in [4.69, 9.17) is 30.5 Å². The number of benzene rings is 1. The number of likely N-dealkylation sites (tertiary alicyclic amines) is 1. The number of carboxylic acid groups (broad SMARTS) is 1. The molecular weight excluding hydrogens is 626 g/mol. The first-order valence-electron chi connectivity index (χ1n) is 16.1. The first kappa shape index (κ1) is 34.8. The molecule has 8 N–H and O–H groups in total. The van der Waals surface area contributed by atoms with Crippen LogP contribution in [0.1, 0.15) is 49.7 Å². The summed E-state index contributed by atoms with van der Waals surface area (Å²) in [5.41, 5.74) is 5.33. The fourth-order valence-electron chi connectivity index (χ4n) is 7.68. The Hall–Kier alpha value is -4.57. The van der Waals surface area contributed by atoms with Crippen molar-refractivity contribution in [2.75, 3.05) is 47.4 Å². The second kappa shape index (κ2) is 13.9. The second-order valence-electron chi connectivity index (χ2n) is 12.9. The third-order valence-corrected chi connectivity index (χ3v) is 10.0. The quantitative estimate of drug-likeness (QED) is 0.0589. The SMILES string of the molecule is COc1ccc2c3c1O[C@H]1C(OC(=O)N(C)CCNC(=O)[C@H](CCCCNC(=N)N)NC(=O)CC(=O)O)=CC[C@@]4(O)[C@@H](C2)N(C)CC[C@]314. The summed E-state index contributed by atoms with van der Waals surface area (Å²) in [6, 6.07) is 2.76. The number of carbonyl (C=O) groups excluding carboxylic acids is 3. The van der Waals surface area contributed by atoms with Crippen LogP contribution in [-0.2, 0) is 31.0 Å². The van der Waals surface area contributed by atoms with Crippen LogP contribution >= 0.6 is 0 Å². The number of hydrogen-bond donors (Lipinski definition) is 7. The Kier molecular flexibility index (Phi) is 10.1. The number of hydrogen-bond acceptors (Lipinski definition) is 10. The van der Waals surface area contributed by atoms with E-state index in [1.54, 1.807) is 13.2 Å². The van der Waals surface area contributed by atoms with Crippen LogP contribution in [-0.4, -0.2) is 121 Å². The number of aliphatic hydroxyl groups is 1. The maximum atomic E-state index is 13.3. The van der Waals surface area contributed by atoms with Gasteiger partial charge in [0, 0.05) is 44.7 Å². The van der Waals surface area contributed by atoms with Gasteiger partial charge in [-0.25, -0.2) is 4.79 Å². The minimum Gasteiger partial charge on any atom is -0.493 e. The van der Waals surface area contributed by atoms with Gasteiger partial charge in [0.15, 0.2) is 23.6 Å². The van der Waals surface area contributed by atoms with E-state index >= 15 is 0 Å². The molecule has 3 amide bonds. The highest BCUT2D eigenvalue weighted by Crippen LogP contribution is 2.65. The number of unbranched alkanes of at least 4 members (excludes halogenated alkanes) is 1. The van der Waals surface area contributed by atoms with Crippen molar-refractivity contribution in [1.29, 1.82) is 5.41 Å². The molecule has 1 saturated heterocycles. The lowest BCUT2D eigenvalue weighted by Gasteiger charge is -2.61. The van der Waals surface area contributed by atoms with Gasteiger partial charge in [0.1, 0.15) is 18.2 Å². The lowest BCUT2D eigenvalue weighted by atomic mass is 9.50. The third kappa shape index (κ3) is 6.33. The highest BCUT2D eigenvalue weighted by molar-refractivity contribution is 5.96. The summed E-state index contributed by atoms with van der Waals surface area (Å²) in [7, 11) is 5.11. The summed E-state index contributed by atoms with van der Waals surface area (Å²) in [6.07, 6.45) is 2.36. The lowest BCUT2D eigenvalue weighted by molar-refractivity contribution is -0.163. The summed E-state index contributed by atoms with van der Waals surface area (Å²) < 4.78 is 18.1. The van der Waals surface area contributed by atoms with E-state index in [1.165, 1.54) is 11.9 Å². The minimum atomic E-state index is -1.32. The van der Waals surface area contributed by atoms with Crippen LogP contribution in [0.4, 0.5) is 4.79 Å². The maximum Gasteiger partial charge on any atom is 0.414 e. The molecule has 0 saturated carbocycles. The Balaban J connectivity index is 1.22. The standard InChI is InChI=1S/C32H45N7O9/c1-38-14-11-31-25-18-7-8-20(46-3)26(25)48-27(31)21(9-10-32(31,45)22(38)16-18)47-30(44)39(2)15-13-35-28(43)19(37-23(40)17-24(41)42)6-4-5-12-36-29(33)34/h7-9,19,22,27,45H,4-6,10-17H2,1-3H3,(H,35,43)(H,37,40)(H,41,42)(H4,33,34,36)/t19-,22+,27-,31-,32+/m0/s1. The van der Waals surface area contributed by atoms with E-state index in [0.29, 0.717) is 49.5 Å². The molecule has 2 heterocycles. The topological polar surface area (TPSA) is 229 Å². The van der Waals surface area contributed by atoms with E-state index in [-0.39, 0.29) is 37.9 Å². The van der Waals surface area contributed by atoms with Gasteiger partial charge in [-0.15, -0.1) is 0 Å². The second-order valence-corrected chi connectivity index (χ2v) is 12.9. The fourth-order valence-corrected chi connectivity index (χ4v) is 7.68. The number of amides is 3. The maximum absolute atomic E-state index is 13.3. The Bertz CT molecular complexity index is 1500. The van der Waals surface area contributed by atoms with E-state index in [0.717, 1.165) is 17.7 Å². The summed E-state index contributed by atoms with van der Waals surface area (Å²) in [6.45, 7) is 1.24. The zero-order valence-corrected chi connectivity index (χ0v) is 27.5. The Morgan fingerprint density at radius 1 is 1.23 bits per heavy atom. The number of methoxy groups -OCH3 is 1. The van der Waals surface area contributed by atoms with Crippen molar-refractivity contribution < 1.29 is 43.6 Å². The Morgan fingerprint density at radius 2 is 2.00 bits per heavy atom. The molecule has 5 atom stereocenters. The number of ether oxygens (including phenoxy) is 3. The average Bonchev–Trinajstić information content (AvgIpc) is 3.38. The molecule has 16 nitrogen and oxygen atoms in total. The van der Waals surface area contributed by atoms with Gasteiger partial charge in [0.2, 0.25) is 11.8 Å². The monoisotopic (exact) mass is 671 g/mol. The van der Waals surface area contributed by atoms with E-state index in [2.05, 4.69) is 20.9 Å². The van der Waals surface area contributed by atoms with Crippen LogP contribution in [0.25, 0.3) is 0 Å². The highest BCUT2D eigenvalue weighted by Gasteiger charge is 2.72. The highest BCUT2D eigenvalue weighted by atomic mass is 16.6. The number of nitrogens with zero attached hydrogens (tertiary/aromatic N) is 2. The number of carbonyl (C=O) groups is 4. The summed E-state index contributed by atoms with van der Waals surface area (Å²) in [5.74, 6) is -1.38. The van der Waals surface area contributed by atoms with E-state index in [1.807, 2.05) is 19.2 Å². The lowest BCUT2D eigenvalue weighted by Crippen LogP contribution is -2.74. The molecular formula is C32H45N7O9. The number of carboxylic acids is 1. The molecule has 48 heavy (non-hydrogen) atoms. The molecule has 1 aromatic carbocycles. The smallest absolute Gasteiger partial charge is 0.414 e. The van der Waals surface area contributed by atoms with Crippen LogP contribution in [0.5, 0.6) is 11.5 Å². The van der Waals surface area contributed by atoms with Crippen LogP contribution in [0.2, 0.25) is 0 Å². The minimum absolute atomic E-state index is 0.0320. The number of guanidine groups is 1. The van der Waals surface area contributed by atoms with Gasteiger partial charge in [-0.3, -0.25) is 19.8 Å². The van der Waals surface area contributed by atoms with Gasteiger partial charge in [-0.05, 0) is 63.4 Å². The summed E-state index contributed by atoms with van der Waals surface area (Å²) in [4.78, 5) is 52.8. The zero-order valence-electron chi connectivity index (χ0n) is 27.5. The Morgan fingerprint density at radius 3 is 2.71 bits per heavy atom. The third-order valence-electron chi connectivity index (χ3n) is 10.0. The van der Waals surface area contributed by atoms with Gasteiger partial charge >= 0.3 is 12.1 Å². The van der Waals surface area contributed by atoms with E-state index < -0.39 is 53.5 Å². The van der Waals surface area contributed by atoms with Crippen molar-refractivity contribution >= 4 is 29.8 Å². The van der Waals surface area contributed by atoms with Crippen molar-refractivity contribution in [2.45, 2.75) is 74.1 Å². The molecule has 0 unspecified atom stereocenters.